The molecule has 2 N–H and O–H groups in total. The van der Waals surface area contributed by atoms with E-state index in [1.807, 2.05) is 66.7 Å². The van der Waals surface area contributed by atoms with Gasteiger partial charge in [0.25, 0.3) is 0 Å². The van der Waals surface area contributed by atoms with Gasteiger partial charge in [0, 0.05) is 23.3 Å². The normalized spacial score (nSPS) is 13.4. The van der Waals surface area contributed by atoms with Crippen LogP contribution in [0.3, 0.4) is 0 Å². The molecule has 2 aromatic carbocycles. The fraction of sp³-hybridized carbons (Fsp3) is 0.150. The Hall–Kier alpha value is -2.20. The van der Waals surface area contributed by atoms with Gasteiger partial charge in [-0.3, -0.25) is 4.98 Å². The Labute approximate surface area is 147 Å². The first kappa shape index (κ1) is 16.7. The third-order valence-corrected chi connectivity index (χ3v) is 4.24. The maximum atomic E-state index is 10.5. The number of halogens is 1. The number of pyridine rings is 1. The molecule has 2 unspecified atom stereocenters. The number of nitrogens with one attached hydrogen (secondary N) is 1. The van der Waals surface area contributed by atoms with Gasteiger partial charge in [0.15, 0.2) is 0 Å². The van der Waals surface area contributed by atoms with Crippen molar-refractivity contribution in [2.45, 2.75) is 12.1 Å². The van der Waals surface area contributed by atoms with Crippen molar-refractivity contribution < 1.29 is 5.11 Å². The summed E-state index contributed by atoms with van der Waals surface area (Å²) < 4.78 is 0. The van der Waals surface area contributed by atoms with Crippen LogP contribution in [0.4, 0.5) is 0 Å². The van der Waals surface area contributed by atoms with E-state index in [-0.39, 0.29) is 6.04 Å². The summed E-state index contributed by atoms with van der Waals surface area (Å²) in [5.41, 5.74) is 2.73. The summed E-state index contributed by atoms with van der Waals surface area (Å²) in [6.07, 6.45) is 1.09. The van der Waals surface area contributed by atoms with Gasteiger partial charge >= 0.3 is 0 Å². The van der Waals surface area contributed by atoms with Crippen LogP contribution >= 0.6 is 11.6 Å². The Morgan fingerprint density at radius 1 is 0.917 bits per heavy atom. The number of hydrogen-bond donors (Lipinski definition) is 2. The SMILES string of the molecule is OC(CNC(c1ccccc1)c1ccccn1)c1ccccc1Cl. The van der Waals surface area contributed by atoms with Crippen LogP contribution in [0.15, 0.2) is 79.0 Å². The Bertz CT molecular complexity index is 725. The third kappa shape index (κ3) is 4.01. The maximum Gasteiger partial charge on any atom is 0.0929 e. The molecule has 0 saturated heterocycles. The van der Waals surface area contributed by atoms with Crippen molar-refractivity contribution >= 4 is 11.6 Å². The standard InChI is InChI=1S/C20H19ClN2O/c21-17-11-5-4-10-16(17)19(24)14-23-20(15-8-2-1-3-9-15)18-12-6-7-13-22-18/h1-13,19-20,23-24H,14H2. The van der Waals surface area contributed by atoms with Gasteiger partial charge < -0.3 is 10.4 Å². The van der Waals surface area contributed by atoms with Crippen LogP contribution in [0.2, 0.25) is 5.02 Å². The van der Waals surface area contributed by atoms with Crippen LogP contribution in [0, 0.1) is 0 Å². The van der Waals surface area contributed by atoms with Gasteiger partial charge in [-0.1, -0.05) is 66.2 Å². The maximum absolute atomic E-state index is 10.5. The summed E-state index contributed by atoms with van der Waals surface area (Å²) in [6.45, 7) is 0.375. The smallest absolute Gasteiger partial charge is 0.0929 e. The fourth-order valence-corrected chi connectivity index (χ4v) is 2.93. The zero-order valence-electron chi connectivity index (χ0n) is 13.1. The number of hydrogen-bond acceptors (Lipinski definition) is 3. The second kappa shape index (κ2) is 8.06. The average molecular weight is 339 g/mol. The predicted molar refractivity (Wildman–Crippen MR) is 96.9 cm³/mol. The topological polar surface area (TPSA) is 45.1 Å². The van der Waals surface area contributed by atoms with Crippen molar-refractivity contribution in [3.05, 3.63) is 101 Å². The molecule has 3 rings (SSSR count). The van der Waals surface area contributed by atoms with Crippen molar-refractivity contribution in [1.29, 1.82) is 0 Å². The zero-order chi connectivity index (χ0) is 16.8. The van der Waals surface area contributed by atoms with Gasteiger partial charge in [-0.05, 0) is 23.8 Å². The first-order valence-electron chi connectivity index (χ1n) is 7.87. The minimum Gasteiger partial charge on any atom is -0.387 e. The molecule has 0 fully saturated rings. The average Bonchev–Trinajstić information content (AvgIpc) is 2.64. The van der Waals surface area contributed by atoms with Crippen LogP contribution in [0.25, 0.3) is 0 Å². The van der Waals surface area contributed by atoms with Gasteiger partial charge in [0.2, 0.25) is 0 Å². The number of aliphatic hydroxyl groups is 1. The fourth-order valence-electron chi connectivity index (χ4n) is 2.67. The molecule has 0 aliphatic carbocycles. The summed E-state index contributed by atoms with van der Waals surface area (Å²) in [5.74, 6) is 0. The Balaban J connectivity index is 1.79. The molecular formula is C20H19ClN2O. The summed E-state index contributed by atoms with van der Waals surface area (Å²) in [4.78, 5) is 4.45. The van der Waals surface area contributed by atoms with Gasteiger partial charge in [-0.25, -0.2) is 0 Å². The van der Waals surface area contributed by atoms with E-state index in [1.165, 1.54) is 0 Å². The molecule has 0 aliphatic rings. The molecule has 0 radical (unpaired) electrons. The summed E-state index contributed by atoms with van der Waals surface area (Å²) in [6, 6.07) is 23.2. The largest absolute Gasteiger partial charge is 0.387 e. The van der Waals surface area contributed by atoms with E-state index in [9.17, 15) is 5.11 Å². The molecule has 4 heteroatoms. The van der Waals surface area contributed by atoms with Crippen molar-refractivity contribution in [3.63, 3.8) is 0 Å². The summed E-state index contributed by atoms with van der Waals surface area (Å²) in [7, 11) is 0. The second-order valence-corrected chi connectivity index (χ2v) is 5.95. The Morgan fingerprint density at radius 3 is 2.33 bits per heavy atom. The minimum absolute atomic E-state index is 0.0930. The van der Waals surface area contributed by atoms with Crippen LogP contribution in [0.1, 0.15) is 29.0 Å². The molecule has 0 amide bonds. The lowest BCUT2D eigenvalue weighted by molar-refractivity contribution is 0.172. The lowest BCUT2D eigenvalue weighted by atomic mass is 10.0. The highest BCUT2D eigenvalue weighted by atomic mass is 35.5. The van der Waals surface area contributed by atoms with Gasteiger partial charge in [0.1, 0.15) is 0 Å². The molecule has 1 heterocycles. The van der Waals surface area contributed by atoms with E-state index < -0.39 is 6.10 Å². The number of aliphatic hydroxyl groups excluding tert-OH is 1. The van der Waals surface area contributed by atoms with E-state index in [0.29, 0.717) is 11.6 Å². The number of benzene rings is 2. The van der Waals surface area contributed by atoms with E-state index in [1.54, 1.807) is 12.3 Å². The van der Waals surface area contributed by atoms with E-state index in [2.05, 4.69) is 10.3 Å². The zero-order valence-corrected chi connectivity index (χ0v) is 13.9. The summed E-state index contributed by atoms with van der Waals surface area (Å²) in [5, 5.41) is 14.5. The van der Waals surface area contributed by atoms with Crippen LogP contribution in [-0.2, 0) is 0 Å². The molecule has 3 nitrogen and oxygen atoms in total. The van der Waals surface area contributed by atoms with Gasteiger partial charge in [-0.2, -0.15) is 0 Å². The summed E-state index contributed by atoms with van der Waals surface area (Å²) >= 11 is 6.17. The first-order valence-corrected chi connectivity index (χ1v) is 8.25. The Morgan fingerprint density at radius 2 is 1.62 bits per heavy atom. The van der Waals surface area contributed by atoms with Crippen molar-refractivity contribution in [2.24, 2.45) is 0 Å². The van der Waals surface area contributed by atoms with E-state index in [0.717, 1.165) is 16.8 Å². The highest BCUT2D eigenvalue weighted by Crippen LogP contribution is 2.24. The lowest BCUT2D eigenvalue weighted by Crippen LogP contribution is -2.28. The molecule has 2 atom stereocenters. The van der Waals surface area contributed by atoms with E-state index in [4.69, 9.17) is 11.6 Å². The molecule has 1 aromatic heterocycles. The molecule has 0 bridgehead atoms. The highest BCUT2D eigenvalue weighted by Gasteiger charge is 2.18. The minimum atomic E-state index is -0.686. The van der Waals surface area contributed by atoms with Crippen molar-refractivity contribution in [1.82, 2.24) is 10.3 Å². The van der Waals surface area contributed by atoms with Crippen molar-refractivity contribution in [3.8, 4) is 0 Å². The molecule has 122 valence electrons. The molecule has 24 heavy (non-hydrogen) atoms. The van der Waals surface area contributed by atoms with Gasteiger partial charge in [0.05, 0.1) is 17.8 Å². The number of nitrogens with zero attached hydrogens (tertiary/aromatic N) is 1. The van der Waals surface area contributed by atoms with Crippen LogP contribution < -0.4 is 5.32 Å². The molecule has 0 spiro atoms. The van der Waals surface area contributed by atoms with Crippen LogP contribution in [-0.4, -0.2) is 16.6 Å². The number of aromatic nitrogens is 1. The highest BCUT2D eigenvalue weighted by molar-refractivity contribution is 6.31. The monoisotopic (exact) mass is 338 g/mol. The van der Waals surface area contributed by atoms with Gasteiger partial charge in [-0.15, -0.1) is 0 Å². The predicted octanol–water partition coefficient (Wildman–Crippen LogP) is 4.15. The molecule has 3 aromatic rings. The van der Waals surface area contributed by atoms with E-state index >= 15 is 0 Å². The lowest BCUT2D eigenvalue weighted by Gasteiger charge is -2.21. The quantitative estimate of drug-likeness (QED) is 0.709. The third-order valence-electron chi connectivity index (χ3n) is 3.90. The number of rotatable bonds is 6. The molecule has 0 saturated carbocycles. The first-order chi connectivity index (χ1) is 11.8. The molecule has 0 aliphatic heterocycles. The van der Waals surface area contributed by atoms with Crippen molar-refractivity contribution in [2.75, 3.05) is 6.54 Å². The second-order valence-electron chi connectivity index (χ2n) is 5.54. The molecular weight excluding hydrogens is 320 g/mol. The Kier molecular flexibility index (Phi) is 5.59. The van der Waals surface area contributed by atoms with Crippen LogP contribution in [0.5, 0.6) is 0 Å².